The van der Waals surface area contributed by atoms with Crippen LogP contribution in [0, 0.1) is 0 Å². The van der Waals surface area contributed by atoms with Gasteiger partial charge in [-0.05, 0) is 31.2 Å². The molecule has 0 fully saturated rings. The van der Waals surface area contributed by atoms with Crippen LogP contribution in [0.4, 0.5) is 0 Å². The topological polar surface area (TPSA) is 32.6 Å². The fourth-order valence-electron chi connectivity index (χ4n) is 1.50. The molecule has 0 aliphatic heterocycles. The molecule has 3 N–H and O–H groups in total. The number of benzene rings is 1. The third kappa shape index (κ3) is 1.70. The van der Waals surface area contributed by atoms with Gasteiger partial charge in [0.25, 0.3) is 0 Å². The summed E-state index contributed by atoms with van der Waals surface area (Å²) in [7, 11) is 0. The maximum Gasteiger partial charge on any atom is 0.107 e. The molecule has 2 heteroatoms. The SMILES string of the molecule is C[C@H]([NH3+])c1cccc(-n2cccc2)c1. The van der Waals surface area contributed by atoms with Crippen LogP contribution in [0.5, 0.6) is 0 Å². The van der Waals surface area contributed by atoms with Crippen LogP contribution in [0.3, 0.4) is 0 Å². The van der Waals surface area contributed by atoms with Crippen molar-refractivity contribution in [3.05, 3.63) is 54.4 Å². The van der Waals surface area contributed by atoms with Gasteiger partial charge in [0.1, 0.15) is 6.04 Å². The molecule has 1 heterocycles. The van der Waals surface area contributed by atoms with Gasteiger partial charge in [0.2, 0.25) is 0 Å². The molecule has 0 saturated heterocycles. The first kappa shape index (κ1) is 9.03. The quantitative estimate of drug-likeness (QED) is 0.743. The minimum absolute atomic E-state index is 0.338. The highest BCUT2D eigenvalue weighted by Crippen LogP contribution is 2.14. The number of nitrogens with zero attached hydrogens (tertiary/aromatic N) is 1. The van der Waals surface area contributed by atoms with Gasteiger partial charge >= 0.3 is 0 Å². The van der Waals surface area contributed by atoms with Crippen LogP contribution in [0.25, 0.3) is 5.69 Å². The van der Waals surface area contributed by atoms with E-state index in [4.69, 9.17) is 0 Å². The number of hydrogen-bond donors (Lipinski definition) is 1. The molecule has 2 nitrogen and oxygen atoms in total. The third-order valence-electron chi connectivity index (χ3n) is 2.34. The van der Waals surface area contributed by atoms with Crippen LogP contribution in [0.15, 0.2) is 48.8 Å². The third-order valence-corrected chi connectivity index (χ3v) is 2.34. The predicted molar refractivity (Wildman–Crippen MR) is 57.1 cm³/mol. The van der Waals surface area contributed by atoms with Crippen LogP contribution < -0.4 is 5.73 Å². The molecule has 0 amide bonds. The Labute approximate surface area is 84.0 Å². The lowest BCUT2D eigenvalue weighted by Gasteiger charge is -2.06. The first-order valence-electron chi connectivity index (χ1n) is 4.84. The lowest BCUT2D eigenvalue weighted by molar-refractivity contribution is -0.420. The van der Waals surface area contributed by atoms with Crippen LogP contribution >= 0.6 is 0 Å². The Hall–Kier alpha value is -1.54. The van der Waals surface area contributed by atoms with Crippen molar-refractivity contribution < 1.29 is 5.73 Å². The zero-order valence-electron chi connectivity index (χ0n) is 8.35. The van der Waals surface area contributed by atoms with E-state index in [2.05, 4.69) is 41.5 Å². The summed E-state index contributed by atoms with van der Waals surface area (Å²) in [6.07, 6.45) is 4.10. The smallest absolute Gasteiger partial charge is 0.107 e. The first-order valence-corrected chi connectivity index (χ1v) is 4.84. The highest BCUT2D eigenvalue weighted by molar-refractivity contribution is 5.36. The van der Waals surface area contributed by atoms with Gasteiger partial charge in [0, 0.05) is 23.6 Å². The Morgan fingerprint density at radius 1 is 1.14 bits per heavy atom. The van der Waals surface area contributed by atoms with Gasteiger partial charge in [-0.25, -0.2) is 0 Å². The lowest BCUT2D eigenvalue weighted by atomic mass is 10.1. The first-order chi connectivity index (χ1) is 6.77. The van der Waals surface area contributed by atoms with E-state index in [1.807, 2.05) is 24.5 Å². The second-order valence-corrected chi connectivity index (χ2v) is 3.59. The maximum atomic E-state index is 4.02. The molecule has 1 atom stereocenters. The van der Waals surface area contributed by atoms with Crippen molar-refractivity contribution in [2.75, 3.05) is 0 Å². The second kappa shape index (κ2) is 3.68. The van der Waals surface area contributed by atoms with Crippen LogP contribution in [-0.4, -0.2) is 4.57 Å². The zero-order valence-corrected chi connectivity index (χ0v) is 8.35. The fourth-order valence-corrected chi connectivity index (χ4v) is 1.50. The lowest BCUT2D eigenvalue weighted by Crippen LogP contribution is -2.51. The van der Waals surface area contributed by atoms with Crippen molar-refractivity contribution in [1.82, 2.24) is 4.57 Å². The van der Waals surface area contributed by atoms with Gasteiger partial charge in [-0.1, -0.05) is 12.1 Å². The summed E-state index contributed by atoms with van der Waals surface area (Å²) < 4.78 is 2.10. The summed E-state index contributed by atoms with van der Waals surface area (Å²) in [5.74, 6) is 0. The molecule has 1 aromatic carbocycles. The summed E-state index contributed by atoms with van der Waals surface area (Å²) in [5.41, 5.74) is 6.49. The molecule has 0 aliphatic rings. The molecule has 1 aromatic heterocycles. The molecule has 0 unspecified atom stereocenters. The largest absolute Gasteiger partial charge is 0.352 e. The van der Waals surface area contributed by atoms with E-state index < -0.39 is 0 Å². The number of quaternary nitrogens is 1. The number of hydrogen-bond acceptors (Lipinski definition) is 0. The van der Waals surface area contributed by atoms with E-state index in [-0.39, 0.29) is 0 Å². The van der Waals surface area contributed by atoms with E-state index in [9.17, 15) is 0 Å². The van der Waals surface area contributed by atoms with Gasteiger partial charge in [-0.3, -0.25) is 0 Å². The summed E-state index contributed by atoms with van der Waals surface area (Å²) in [6.45, 7) is 2.11. The average molecular weight is 187 g/mol. The van der Waals surface area contributed by atoms with Crippen LogP contribution in [0.1, 0.15) is 18.5 Å². The minimum atomic E-state index is 0.338. The van der Waals surface area contributed by atoms with Crippen molar-refractivity contribution in [1.29, 1.82) is 0 Å². The summed E-state index contributed by atoms with van der Waals surface area (Å²) in [5, 5.41) is 0. The Bertz CT molecular complexity index is 402. The van der Waals surface area contributed by atoms with Crippen molar-refractivity contribution in [3.8, 4) is 5.69 Å². The van der Waals surface area contributed by atoms with Crippen molar-refractivity contribution in [3.63, 3.8) is 0 Å². The van der Waals surface area contributed by atoms with Gasteiger partial charge in [0.15, 0.2) is 0 Å². The Kier molecular flexibility index (Phi) is 2.37. The molecule has 14 heavy (non-hydrogen) atoms. The summed E-state index contributed by atoms with van der Waals surface area (Å²) >= 11 is 0. The van der Waals surface area contributed by atoms with Gasteiger partial charge in [-0.2, -0.15) is 0 Å². The molecule has 0 bridgehead atoms. The molecule has 0 radical (unpaired) electrons. The van der Waals surface area contributed by atoms with E-state index in [1.165, 1.54) is 11.3 Å². The average Bonchev–Trinajstić information content (AvgIpc) is 2.71. The van der Waals surface area contributed by atoms with Gasteiger partial charge in [0.05, 0.1) is 0 Å². The molecular formula is C12H15N2+. The Morgan fingerprint density at radius 3 is 2.50 bits per heavy atom. The minimum Gasteiger partial charge on any atom is -0.352 e. The van der Waals surface area contributed by atoms with Crippen LogP contribution in [0.2, 0.25) is 0 Å². The highest BCUT2D eigenvalue weighted by Gasteiger charge is 2.03. The van der Waals surface area contributed by atoms with E-state index in [0.29, 0.717) is 6.04 Å². The standard InChI is InChI=1S/C12H14N2/c1-10(13)11-5-4-6-12(9-11)14-7-2-3-8-14/h2-10H,13H2,1H3/p+1/t10-/m0/s1. The molecule has 0 saturated carbocycles. The molecule has 0 aliphatic carbocycles. The van der Waals surface area contributed by atoms with Gasteiger partial charge < -0.3 is 10.3 Å². The molecule has 2 rings (SSSR count). The second-order valence-electron chi connectivity index (χ2n) is 3.59. The molecule has 0 spiro atoms. The van der Waals surface area contributed by atoms with Crippen LogP contribution in [-0.2, 0) is 0 Å². The maximum absolute atomic E-state index is 4.02. The Balaban J connectivity index is 2.41. The van der Waals surface area contributed by atoms with Crippen molar-refractivity contribution in [2.45, 2.75) is 13.0 Å². The molecule has 2 aromatic rings. The fraction of sp³-hybridized carbons (Fsp3) is 0.167. The number of rotatable bonds is 2. The van der Waals surface area contributed by atoms with E-state index in [0.717, 1.165) is 0 Å². The predicted octanol–water partition coefficient (Wildman–Crippen LogP) is 1.78. The van der Waals surface area contributed by atoms with E-state index in [1.54, 1.807) is 0 Å². The highest BCUT2D eigenvalue weighted by atomic mass is 14.9. The van der Waals surface area contributed by atoms with E-state index >= 15 is 0 Å². The normalized spacial score (nSPS) is 12.7. The van der Waals surface area contributed by atoms with Gasteiger partial charge in [-0.15, -0.1) is 0 Å². The monoisotopic (exact) mass is 187 g/mol. The number of aromatic nitrogens is 1. The zero-order chi connectivity index (χ0) is 9.97. The van der Waals surface area contributed by atoms with Crippen molar-refractivity contribution in [2.24, 2.45) is 0 Å². The Morgan fingerprint density at radius 2 is 1.86 bits per heavy atom. The molecular weight excluding hydrogens is 172 g/mol. The summed E-state index contributed by atoms with van der Waals surface area (Å²) in [6, 6.07) is 12.9. The molecule has 72 valence electrons. The summed E-state index contributed by atoms with van der Waals surface area (Å²) in [4.78, 5) is 0. The van der Waals surface area contributed by atoms with Crippen molar-refractivity contribution >= 4 is 0 Å².